The van der Waals surface area contributed by atoms with E-state index in [0.29, 0.717) is 0 Å². The van der Waals surface area contributed by atoms with Crippen LogP contribution in [0.25, 0.3) is 0 Å². The van der Waals surface area contributed by atoms with E-state index in [9.17, 15) is 0 Å². The van der Waals surface area contributed by atoms with Crippen molar-refractivity contribution in [1.82, 2.24) is 9.80 Å². The van der Waals surface area contributed by atoms with Gasteiger partial charge in [0.05, 0.1) is 0 Å². The van der Waals surface area contributed by atoms with Crippen LogP contribution >= 0.6 is 11.6 Å². The van der Waals surface area contributed by atoms with E-state index in [0.717, 1.165) is 24.7 Å². The van der Waals surface area contributed by atoms with E-state index < -0.39 is 0 Å². The molecule has 3 heteroatoms. The van der Waals surface area contributed by atoms with Gasteiger partial charge in [-0.1, -0.05) is 54.1 Å². The topological polar surface area (TPSA) is 6.48 Å². The first kappa shape index (κ1) is 16.5. The van der Waals surface area contributed by atoms with Crippen LogP contribution in [0, 0.1) is 0 Å². The fourth-order valence-electron chi connectivity index (χ4n) is 3.17. The molecular formula is C20H25ClN2. The minimum atomic E-state index is 0.817. The zero-order valence-electron chi connectivity index (χ0n) is 13.6. The molecule has 0 unspecified atom stereocenters. The lowest BCUT2D eigenvalue weighted by Crippen LogP contribution is -2.46. The predicted octanol–water partition coefficient (Wildman–Crippen LogP) is 4.09. The Bertz CT molecular complexity index is 574. The second kappa shape index (κ2) is 8.49. The van der Waals surface area contributed by atoms with Gasteiger partial charge >= 0.3 is 0 Å². The third kappa shape index (κ3) is 5.35. The summed E-state index contributed by atoms with van der Waals surface area (Å²) in [5, 5.41) is 0.817. The first-order valence-electron chi connectivity index (χ1n) is 8.53. The zero-order chi connectivity index (χ0) is 15.9. The van der Waals surface area contributed by atoms with Gasteiger partial charge in [-0.15, -0.1) is 0 Å². The number of hydrogen-bond donors (Lipinski definition) is 0. The maximum atomic E-state index is 5.95. The second-order valence-electron chi connectivity index (χ2n) is 6.33. The Labute approximate surface area is 144 Å². The van der Waals surface area contributed by atoms with Crippen molar-refractivity contribution in [3.8, 4) is 0 Å². The lowest BCUT2D eigenvalue weighted by Gasteiger charge is -2.34. The minimum Gasteiger partial charge on any atom is -0.301 e. The van der Waals surface area contributed by atoms with Crippen molar-refractivity contribution in [3.63, 3.8) is 0 Å². The van der Waals surface area contributed by atoms with E-state index in [1.165, 1.54) is 43.6 Å². The van der Waals surface area contributed by atoms with Gasteiger partial charge in [0.25, 0.3) is 0 Å². The van der Waals surface area contributed by atoms with Gasteiger partial charge in [-0.25, -0.2) is 0 Å². The lowest BCUT2D eigenvalue weighted by atomic mass is 10.1. The number of benzene rings is 2. The summed E-state index contributed by atoms with van der Waals surface area (Å²) in [7, 11) is 0. The Kier molecular flexibility index (Phi) is 6.09. The molecule has 0 spiro atoms. The van der Waals surface area contributed by atoms with Crippen molar-refractivity contribution in [2.75, 3.05) is 32.7 Å². The molecule has 2 aromatic rings. The average molecular weight is 329 g/mol. The van der Waals surface area contributed by atoms with Gasteiger partial charge in [0.2, 0.25) is 0 Å². The third-order valence-corrected chi connectivity index (χ3v) is 4.82. The van der Waals surface area contributed by atoms with E-state index >= 15 is 0 Å². The van der Waals surface area contributed by atoms with Gasteiger partial charge in [0.15, 0.2) is 0 Å². The zero-order valence-corrected chi connectivity index (χ0v) is 14.4. The summed E-state index contributed by atoms with van der Waals surface area (Å²) < 4.78 is 0. The summed E-state index contributed by atoms with van der Waals surface area (Å²) in [5.74, 6) is 0. The van der Waals surface area contributed by atoms with Crippen molar-refractivity contribution in [2.45, 2.75) is 19.4 Å². The van der Waals surface area contributed by atoms with Crippen LogP contribution in [-0.2, 0) is 13.0 Å². The van der Waals surface area contributed by atoms with E-state index in [1.54, 1.807) is 0 Å². The lowest BCUT2D eigenvalue weighted by molar-refractivity contribution is 0.126. The fraction of sp³-hybridized carbons (Fsp3) is 0.400. The largest absolute Gasteiger partial charge is 0.301 e. The summed E-state index contributed by atoms with van der Waals surface area (Å²) in [6.07, 6.45) is 2.44. The molecule has 1 aliphatic heterocycles. The van der Waals surface area contributed by atoms with Crippen LogP contribution < -0.4 is 0 Å². The number of halogens is 1. The smallest absolute Gasteiger partial charge is 0.0406 e. The van der Waals surface area contributed by atoms with Crippen LogP contribution in [0.3, 0.4) is 0 Å². The van der Waals surface area contributed by atoms with Crippen molar-refractivity contribution in [3.05, 3.63) is 70.7 Å². The monoisotopic (exact) mass is 328 g/mol. The number of piperazine rings is 1. The molecule has 1 fully saturated rings. The van der Waals surface area contributed by atoms with Crippen LogP contribution in [0.4, 0.5) is 0 Å². The molecule has 1 saturated heterocycles. The number of rotatable bonds is 6. The van der Waals surface area contributed by atoms with Gasteiger partial charge in [-0.3, -0.25) is 4.90 Å². The first-order chi connectivity index (χ1) is 11.3. The van der Waals surface area contributed by atoms with Gasteiger partial charge < -0.3 is 4.90 Å². The fourth-order valence-corrected chi connectivity index (χ4v) is 3.30. The first-order valence-corrected chi connectivity index (χ1v) is 8.90. The molecule has 1 aliphatic rings. The van der Waals surface area contributed by atoms with E-state index in [2.05, 4.69) is 52.3 Å². The van der Waals surface area contributed by atoms with Crippen LogP contribution in [0.2, 0.25) is 5.02 Å². The highest BCUT2D eigenvalue weighted by atomic mass is 35.5. The maximum Gasteiger partial charge on any atom is 0.0406 e. The average Bonchev–Trinajstić information content (AvgIpc) is 2.59. The van der Waals surface area contributed by atoms with E-state index in [4.69, 9.17) is 11.6 Å². The minimum absolute atomic E-state index is 0.817. The molecule has 0 N–H and O–H groups in total. The molecule has 0 amide bonds. The van der Waals surface area contributed by atoms with Gasteiger partial charge in [-0.2, -0.15) is 0 Å². The molecule has 0 atom stereocenters. The standard InChI is InChI=1S/C20H25ClN2/c21-20-10-8-19(9-11-20)17-23-15-13-22(14-16-23)12-4-7-18-5-2-1-3-6-18/h1-3,5-6,8-11H,4,7,12-17H2. The molecule has 0 radical (unpaired) electrons. The second-order valence-corrected chi connectivity index (χ2v) is 6.77. The Morgan fingerprint density at radius 2 is 1.39 bits per heavy atom. The highest BCUT2D eigenvalue weighted by Gasteiger charge is 2.16. The third-order valence-electron chi connectivity index (χ3n) is 4.57. The van der Waals surface area contributed by atoms with Crippen molar-refractivity contribution in [1.29, 1.82) is 0 Å². The molecule has 0 aliphatic carbocycles. The Morgan fingerprint density at radius 3 is 2.09 bits per heavy atom. The van der Waals surface area contributed by atoms with Crippen molar-refractivity contribution < 1.29 is 0 Å². The molecule has 0 aromatic heterocycles. The van der Waals surface area contributed by atoms with Crippen molar-refractivity contribution >= 4 is 11.6 Å². The summed E-state index contributed by atoms with van der Waals surface area (Å²) in [4.78, 5) is 5.14. The predicted molar refractivity (Wildman–Crippen MR) is 97.9 cm³/mol. The maximum absolute atomic E-state index is 5.95. The molecule has 3 rings (SSSR count). The molecule has 1 heterocycles. The van der Waals surface area contributed by atoms with Gasteiger partial charge in [-0.05, 0) is 42.6 Å². The molecule has 23 heavy (non-hydrogen) atoms. The molecule has 0 bridgehead atoms. The molecule has 2 nitrogen and oxygen atoms in total. The van der Waals surface area contributed by atoms with Crippen molar-refractivity contribution in [2.24, 2.45) is 0 Å². The number of nitrogens with zero attached hydrogens (tertiary/aromatic N) is 2. The summed E-state index contributed by atoms with van der Waals surface area (Å²) in [6, 6.07) is 19.0. The van der Waals surface area contributed by atoms with Crippen LogP contribution in [0.15, 0.2) is 54.6 Å². The van der Waals surface area contributed by atoms with E-state index in [1.807, 2.05) is 12.1 Å². The SMILES string of the molecule is Clc1ccc(CN2CCN(CCCc3ccccc3)CC2)cc1. The molecular weight excluding hydrogens is 304 g/mol. The van der Waals surface area contributed by atoms with Crippen LogP contribution in [-0.4, -0.2) is 42.5 Å². The molecule has 122 valence electrons. The number of aryl methyl sites for hydroxylation is 1. The highest BCUT2D eigenvalue weighted by molar-refractivity contribution is 6.30. The van der Waals surface area contributed by atoms with Gasteiger partial charge in [0, 0.05) is 37.7 Å². The highest BCUT2D eigenvalue weighted by Crippen LogP contribution is 2.13. The van der Waals surface area contributed by atoms with E-state index in [-0.39, 0.29) is 0 Å². The van der Waals surface area contributed by atoms with Crippen LogP contribution in [0.5, 0.6) is 0 Å². The molecule has 0 saturated carbocycles. The van der Waals surface area contributed by atoms with Crippen LogP contribution in [0.1, 0.15) is 17.5 Å². The number of hydrogen-bond acceptors (Lipinski definition) is 2. The normalized spacial score (nSPS) is 16.6. The quantitative estimate of drug-likeness (QED) is 0.788. The summed E-state index contributed by atoms with van der Waals surface area (Å²) >= 11 is 5.95. The Hall–Kier alpha value is -1.35. The van der Waals surface area contributed by atoms with Gasteiger partial charge in [0.1, 0.15) is 0 Å². The molecule has 2 aromatic carbocycles. The Morgan fingerprint density at radius 1 is 0.739 bits per heavy atom. The summed E-state index contributed by atoms with van der Waals surface area (Å²) in [6.45, 7) is 6.94. The Balaban J connectivity index is 1.36. The summed E-state index contributed by atoms with van der Waals surface area (Å²) in [5.41, 5.74) is 2.81.